The van der Waals surface area contributed by atoms with Gasteiger partial charge in [-0.1, -0.05) is 30.3 Å². The van der Waals surface area contributed by atoms with Crippen molar-refractivity contribution in [2.75, 3.05) is 6.26 Å². The van der Waals surface area contributed by atoms with Crippen molar-refractivity contribution in [2.24, 2.45) is 0 Å². The van der Waals surface area contributed by atoms with Gasteiger partial charge in [0.05, 0.1) is 0 Å². The van der Waals surface area contributed by atoms with Crippen molar-refractivity contribution in [3.05, 3.63) is 30.3 Å². The van der Waals surface area contributed by atoms with Crippen LogP contribution in [0.4, 0.5) is 0 Å². The molecule has 2 nitrogen and oxygen atoms in total. The van der Waals surface area contributed by atoms with Gasteiger partial charge in [-0.3, -0.25) is 0 Å². The number of rotatable bonds is 3. The second-order valence-electron chi connectivity index (χ2n) is 2.03. The van der Waals surface area contributed by atoms with E-state index in [1.807, 2.05) is 30.3 Å². The van der Waals surface area contributed by atoms with Crippen LogP contribution >= 0.6 is 12.0 Å². The maximum absolute atomic E-state index is 9.28. The van der Waals surface area contributed by atoms with Crippen LogP contribution in [0.15, 0.2) is 30.3 Å². The van der Waals surface area contributed by atoms with Crippen molar-refractivity contribution in [2.45, 2.75) is 0 Å². The van der Waals surface area contributed by atoms with E-state index in [0.717, 1.165) is 17.5 Å². The topological polar surface area (TPSA) is 29.5 Å². The standard InChI is InChI=1S/C7H9BO2S/c1-11-10-8(9)7-5-3-2-4-6-7/h2-6,9H,1H3. The first-order valence-corrected chi connectivity index (χ1v) is 4.42. The molecule has 0 heterocycles. The fraction of sp³-hybridized carbons (Fsp3) is 0.143. The van der Waals surface area contributed by atoms with Crippen LogP contribution in [0.1, 0.15) is 0 Å². The molecule has 0 bridgehead atoms. The highest BCUT2D eigenvalue weighted by atomic mass is 32.2. The maximum Gasteiger partial charge on any atom is 0.502 e. The summed E-state index contributed by atoms with van der Waals surface area (Å²) in [4.78, 5) is 0. The molecule has 0 aliphatic heterocycles. The molecule has 1 aromatic carbocycles. The molecule has 0 atom stereocenters. The Bertz CT molecular complexity index is 205. The van der Waals surface area contributed by atoms with Crippen molar-refractivity contribution in [1.29, 1.82) is 0 Å². The van der Waals surface area contributed by atoms with Crippen molar-refractivity contribution in [3.63, 3.8) is 0 Å². The molecule has 0 aromatic heterocycles. The molecule has 1 N–H and O–H groups in total. The SMILES string of the molecule is CSOB(O)c1ccccc1. The zero-order valence-corrected chi connectivity index (χ0v) is 7.04. The third-order valence-electron chi connectivity index (χ3n) is 1.27. The molecule has 0 fully saturated rings. The van der Waals surface area contributed by atoms with Gasteiger partial charge in [0.15, 0.2) is 0 Å². The first-order chi connectivity index (χ1) is 5.34. The minimum atomic E-state index is -0.814. The summed E-state index contributed by atoms with van der Waals surface area (Å²) in [6.07, 6.45) is 1.77. The Labute approximate surface area is 70.9 Å². The second kappa shape index (κ2) is 4.44. The number of benzene rings is 1. The quantitative estimate of drug-likeness (QED) is 0.531. The fourth-order valence-electron chi connectivity index (χ4n) is 0.764. The summed E-state index contributed by atoms with van der Waals surface area (Å²) in [5, 5.41) is 9.28. The Hall–Kier alpha value is -0.445. The molecule has 4 heteroatoms. The highest BCUT2D eigenvalue weighted by Gasteiger charge is 2.14. The molecule has 0 saturated heterocycles. The zero-order valence-electron chi connectivity index (χ0n) is 6.23. The Morgan fingerprint density at radius 2 is 2.00 bits per heavy atom. The van der Waals surface area contributed by atoms with E-state index in [0.29, 0.717) is 0 Å². The van der Waals surface area contributed by atoms with Gasteiger partial charge >= 0.3 is 7.12 Å². The molecule has 1 rings (SSSR count). The number of hydrogen-bond acceptors (Lipinski definition) is 3. The summed E-state index contributed by atoms with van der Waals surface area (Å²) >= 11 is 1.15. The fourth-order valence-corrected chi connectivity index (χ4v) is 1.06. The summed E-state index contributed by atoms with van der Waals surface area (Å²) in [6, 6.07) is 9.27. The summed E-state index contributed by atoms with van der Waals surface area (Å²) in [7, 11) is -0.814. The van der Waals surface area contributed by atoms with Crippen molar-refractivity contribution in [1.82, 2.24) is 0 Å². The first kappa shape index (κ1) is 8.65. The van der Waals surface area contributed by atoms with Crippen LogP contribution < -0.4 is 5.46 Å². The molecule has 11 heavy (non-hydrogen) atoms. The van der Waals surface area contributed by atoms with Gasteiger partial charge in [0.2, 0.25) is 0 Å². The molecule has 0 spiro atoms. The monoisotopic (exact) mass is 168 g/mol. The predicted octanol–water partition coefficient (Wildman–Crippen LogP) is 0.669. The minimum Gasteiger partial charge on any atom is -0.423 e. The van der Waals surface area contributed by atoms with Gasteiger partial charge in [-0.15, -0.1) is 0 Å². The molecular formula is C7H9BO2S. The molecular weight excluding hydrogens is 159 g/mol. The smallest absolute Gasteiger partial charge is 0.423 e. The third-order valence-corrected chi connectivity index (χ3v) is 1.65. The average Bonchev–Trinajstić information content (AvgIpc) is 2.07. The van der Waals surface area contributed by atoms with Crippen molar-refractivity contribution >= 4 is 24.6 Å². The van der Waals surface area contributed by atoms with Gasteiger partial charge in [-0.2, -0.15) is 0 Å². The van der Waals surface area contributed by atoms with Crippen molar-refractivity contribution < 1.29 is 9.12 Å². The normalized spacial score (nSPS) is 9.64. The van der Waals surface area contributed by atoms with Gasteiger partial charge in [0.25, 0.3) is 0 Å². The Balaban J connectivity index is 2.61. The summed E-state index contributed by atoms with van der Waals surface area (Å²) in [5.74, 6) is 0. The molecule has 0 aliphatic rings. The lowest BCUT2D eigenvalue weighted by molar-refractivity contribution is 0.470. The lowest BCUT2D eigenvalue weighted by atomic mass is 9.80. The summed E-state index contributed by atoms with van der Waals surface area (Å²) in [5.41, 5.74) is 0.779. The molecule has 0 unspecified atom stereocenters. The largest absolute Gasteiger partial charge is 0.502 e. The third kappa shape index (κ3) is 2.57. The Kier molecular flexibility index (Phi) is 3.49. The highest BCUT2D eigenvalue weighted by molar-refractivity contribution is 7.94. The minimum absolute atomic E-state index is 0.779. The molecule has 0 radical (unpaired) electrons. The van der Waals surface area contributed by atoms with Crippen LogP contribution in [0.25, 0.3) is 0 Å². The molecule has 1 aromatic rings. The zero-order chi connectivity index (χ0) is 8.10. The summed E-state index contributed by atoms with van der Waals surface area (Å²) in [6.45, 7) is 0. The molecule has 58 valence electrons. The van der Waals surface area contributed by atoms with Crippen molar-refractivity contribution in [3.8, 4) is 0 Å². The van der Waals surface area contributed by atoms with E-state index in [9.17, 15) is 5.02 Å². The average molecular weight is 168 g/mol. The van der Waals surface area contributed by atoms with Gasteiger partial charge in [0.1, 0.15) is 0 Å². The van der Waals surface area contributed by atoms with Crippen LogP contribution in [0.2, 0.25) is 0 Å². The lowest BCUT2D eigenvalue weighted by Gasteiger charge is -2.02. The lowest BCUT2D eigenvalue weighted by Crippen LogP contribution is -2.30. The van der Waals surface area contributed by atoms with Gasteiger partial charge in [-0.05, 0) is 17.5 Å². The van der Waals surface area contributed by atoms with Crippen LogP contribution in [-0.4, -0.2) is 18.4 Å². The van der Waals surface area contributed by atoms with Crippen LogP contribution in [0.3, 0.4) is 0 Å². The second-order valence-corrected chi connectivity index (χ2v) is 2.55. The van der Waals surface area contributed by atoms with Gasteiger partial charge in [0, 0.05) is 6.26 Å². The van der Waals surface area contributed by atoms with E-state index in [4.69, 9.17) is 4.10 Å². The highest BCUT2D eigenvalue weighted by Crippen LogP contribution is 1.97. The van der Waals surface area contributed by atoms with Crippen LogP contribution in [0.5, 0.6) is 0 Å². The van der Waals surface area contributed by atoms with Crippen LogP contribution in [-0.2, 0) is 4.10 Å². The molecule has 0 aliphatic carbocycles. The number of hydrogen-bond donors (Lipinski definition) is 1. The predicted molar refractivity (Wildman–Crippen MR) is 48.6 cm³/mol. The van der Waals surface area contributed by atoms with Gasteiger partial charge < -0.3 is 9.12 Å². The maximum atomic E-state index is 9.28. The van der Waals surface area contributed by atoms with E-state index in [1.165, 1.54) is 0 Å². The summed E-state index contributed by atoms with van der Waals surface area (Å²) < 4.78 is 4.90. The van der Waals surface area contributed by atoms with Gasteiger partial charge in [-0.25, -0.2) is 0 Å². The van der Waals surface area contributed by atoms with E-state index in [2.05, 4.69) is 0 Å². The Morgan fingerprint density at radius 1 is 1.36 bits per heavy atom. The van der Waals surface area contributed by atoms with E-state index in [-0.39, 0.29) is 0 Å². The first-order valence-electron chi connectivity index (χ1n) is 3.27. The van der Waals surface area contributed by atoms with E-state index >= 15 is 0 Å². The van der Waals surface area contributed by atoms with E-state index in [1.54, 1.807) is 6.26 Å². The van der Waals surface area contributed by atoms with Crippen LogP contribution in [0, 0.1) is 0 Å². The molecule has 0 saturated carbocycles. The Morgan fingerprint density at radius 3 is 2.55 bits per heavy atom. The molecule has 0 amide bonds. The van der Waals surface area contributed by atoms with E-state index < -0.39 is 7.12 Å².